The number of amides is 2. The predicted molar refractivity (Wildman–Crippen MR) is 89.4 cm³/mol. The van der Waals surface area contributed by atoms with Crippen molar-refractivity contribution in [1.29, 1.82) is 0 Å². The van der Waals surface area contributed by atoms with Crippen LogP contribution < -0.4 is 5.32 Å². The van der Waals surface area contributed by atoms with E-state index in [1.54, 1.807) is 24.3 Å². The summed E-state index contributed by atoms with van der Waals surface area (Å²) in [7, 11) is 0. The van der Waals surface area contributed by atoms with Gasteiger partial charge in [0, 0.05) is 11.4 Å². The summed E-state index contributed by atoms with van der Waals surface area (Å²) in [6, 6.07) is 5.25. The maximum atomic E-state index is 12.7. The van der Waals surface area contributed by atoms with Crippen LogP contribution in [-0.2, 0) is 11.2 Å². The van der Waals surface area contributed by atoms with Crippen LogP contribution in [0.4, 0.5) is 0 Å². The molecule has 2 aromatic rings. The van der Waals surface area contributed by atoms with Gasteiger partial charge in [-0.05, 0) is 48.7 Å². The summed E-state index contributed by atoms with van der Waals surface area (Å²) in [4.78, 5) is 28.6. The molecule has 116 valence electrons. The average Bonchev–Trinajstić information content (AvgIpc) is 3.18. The fraction of sp³-hybridized carbons (Fsp3) is 0.375. The standard InChI is InChI=1S/C16H18N2O2S2/c1-10(17-15(19)14-4-3-8-21-14)16(20)18-7-5-13-12(11(18)2)6-9-22-13/h3-4,6,8-11H,5,7H2,1-2H3,(H,17,19)/t10-,11+/m1/s1. The van der Waals surface area contributed by atoms with Crippen molar-refractivity contribution in [2.24, 2.45) is 0 Å². The third-order valence-corrected chi connectivity index (χ3v) is 5.89. The van der Waals surface area contributed by atoms with E-state index in [0.717, 1.165) is 6.42 Å². The second-order valence-electron chi connectivity index (χ2n) is 5.43. The van der Waals surface area contributed by atoms with Gasteiger partial charge in [0.05, 0.1) is 10.9 Å². The number of nitrogens with zero attached hydrogens (tertiary/aromatic N) is 1. The highest BCUT2D eigenvalue weighted by atomic mass is 32.1. The first kappa shape index (κ1) is 15.2. The predicted octanol–water partition coefficient (Wildman–Crippen LogP) is 3.07. The summed E-state index contributed by atoms with van der Waals surface area (Å²) in [5, 5.41) is 6.73. The lowest BCUT2D eigenvalue weighted by molar-refractivity contribution is -0.135. The number of hydrogen-bond acceptors (Lipinski definition) is 4. The van der Waals surface area contributed by atoms with E-state index >= 15 is 0 Å². The molecule has 3 rings (SSSR count). The van der Waals surface area contributed by atoms with Crippen molar-refractivity contribution in [1.82, 2.24) is 10.2 Å². The summed E-state index contributed by atoms with van der Waals surface area (Å²) in [6.45, 7) is 4.52. The molecule has 0 aliphatic carbocycles. The number of nitrogens with one attached hydrogen (secondary N) is 1. The number of carbonyl (C=O) groups excluding carboxylic acids is 2. The van der Waals surface area contributed by atoms with Crippen LogP contribution in [0.5, 0.6) is 0 Å². The van der Waals surface area contributed by atoms with Gasteiger partial charge in [-0.2, -0.15) is 0 Å². The molecule has 2 amide bonds. The summed E-state index contributed by atoms with van der Waals surface area (Å²) < 4.78 is 0. The molecule has 2 atom stereocenters. The Kier molecular flexibility index (Phi) is 4.31. The van der Waals surface area contributed by atoms with E-state index in [4.69, 9.17) is 0 Å². The zero-order chi connectivity index (χ0) is 15.7. The first-order valence-electron chi connectivity index (χ1n) is 7.29. The maximum absolute atomic E-state index is 12.7. The molecule has 0 radical (unpaired) electrons. The molecule has 6 heteroatoms. The van der Waals surface area contributed by atoms with Crippen LogP contribution >= 0.6 is 22.7 Å². The highest BCUT2D eigenvalue weighted by Crippen LogP contribution is 2.33. The summed E-state index contributed by atoms with van der Waals surface area (Å²) >= 11 is 3.13. The maximum Gasteiger partial charge on any atom is 0.261 e. The van der Waals surface area contributed by atoms with Crippen molar-refractivity contribution in [2.75, 3.05) is 6.54 Å². The Morgan fingerprint density at radius 2 is 2.14 bits per heavy atom. The molecule has 0 unspecified atom stereocenters. The molecule has 1 aliphatic heterocycles. The third kappa shape index (κ3) is 2.80. The molecular formula is C16H18N2O2S2. The van der Waals surface area contributed by atoms with Gasteiger partial charge in [-0.3, -0.25) is 9.59 Å². The summed E-state index contributed by atoms with van der Waals surface area (Å²) in [6.07, 6.45) is 0.897. The third-order valence-electron chi connectivity index (χ3n) is 4.02. The van der Waals surface area contributed by atoms with Crippen LogP contribution in [0.15, 0.2) is 29.0 Å². The molecule has 0 aromatic carbocycles. The Hall–Kier alpha value is -1.66. The number of hydrogen-bond donors (Lipinski definition) is 1. The Bertz CT molecular complexity index is 678. The molecule has 0 spiro atoms. The minimum absolute atomic E-state index is 0.0192. The van der Waals surface area contributed by atoms with Crippen LogP contribution in [0.1, 0.15) is 40.0 Å². The van der Waals surface area contributed by atoms with Crippen LogP contribution in [0.3, 0.4) is 0 Å². The number of thiophene rings is 2. The Morgan fingerprint density at radius 3 is 2.86 bits per heavy atom. The van der Waals surface area contributed by atoms with Gasteiger partial charge in [-0.1, -0.05) is 6.07 Å². The fourth-order valence-corrected chi connectivity index (χ4v) is 4.39. The summed E-state index contributed by atoms with van der Waals surface area (Å²) in [5.41, 5.74) is 1.24. The molecule has 0 bridgehead atoms. The van der Waals surface area contributed by atoms with E-state index in [-0.39, 0.29) is 17.9 Å². The lowest BCUT2D eigenvalue weighted by Crippen LogP contribution is -2.49. The highest BCUT2D eigenvalue weighted by Gasteiger charge is 2.31. The van der Waals surface area contributed by atoms with Gasteiger partial charge >= 0.3 is 0 Å². The Morgan fingerprint density at radius 1 is 1.32 bits per heavy atom. The van der Waals surface area contributed by atoms with E-state index in [0.29, 0.717) is 11.4 Å². The van der Waals surface area contributed by atoms with Crippen LogP contribution in [-0.4, -0.2) is 29.3 Å². The smallest absolute Gasteiger partial charge is 0.261 e. The molecule has 22 heavy (non-hydrogen) atoms. The van der Waals surface area contributed by atoms with Gasteiger partial charge in [-0.25, -0.2) is 0 Å². The molecule has 1 N–H and O–H groups in total. The topological polar surface area (TPSA) is 49.4 Å². The van der Waals surface area contributed by atoms with Gasteiger partial charge in [0.2, 0.25) is 5.91 Å². The van der Waals surface area contributed by atoms with Crippen LogP contribution in [0.2, 0.25) is 0 Å². The molecule has 0 saturated heterocycles. The molecule has 0 saturated carbocycles. The van der Waals surface area contributed by atoms with E-state index in [1.165, 1.54) is 21.8 Å². The fourth-order valence-electron chi connectivity index (χ4n) is 2.80. The zero-order valence-corrected chi connectivity index (χ0v) is 14.2. The highest BCUT2D eigenvalue weighted by molar-refractivity contribution is 7.12. The normalized spacial score (nSPS) is 18.6. The quantitative estimate of drug-likeness (QED) is 0.938. The van der Waals surface area contributed by atoms with Crippen LogP contribution in [0, 0.1) is 0 Å². The van der Waals surface area contributed by atoms with Gasteiger partial charge in [0.25, 0.3) is 5.91 Å². The molecule has 3 heterocycles. The van der Waals surface area contributed by atoms with Gasteiger partial charge in [-0.15, -0.1) is 22.7 Å². The van der Waals surface area contributed by atoms with Crippen molar-refractivity contribution in [2.45, 2.75) is 32.4 Å². The number of fused-ring (bicyclic) bond motifs is 1. The Labute approximate surface area is 137 Å². The SMILES string of the molecule is C[C@@H](NC(=O)c1cccs1)C(=O)N1CCc2sccc2[C@@H]1C. The largest absolute Gasteiger partial charge is 0.340 e. The summed E-state index contributed by atoms with van der Waals surface area (Å²) in [5.74, 6) is -0.203. The second-order valence-corrected chi connectivity index (χ2v) is 7.38. The van der Waals surface area contributed by atoms with Crippen LogP contribution in [0.25, 0.3) is 0 Å². The molecule has 0 fully saturated rings. The minimum Gasteiger partial charge on any atom is -0.340 e. The van der Waals surface area contributed by atoms with Gasteiger partial charge < -0.3 is 10.2 Å². The van der Waals surface area contributed by atoms with Crippen molar-refractivity contribution in [3.8, 4) is 0 Å². The number of carbonyl (C=O) groups is 2. The first-order valence-corrected chi connectivity index (χ1v) is 9.05. The average molecular weight is 334 g/mol. The van der Waals surface area contributed by atoms with Crippen molar-refractivity contribution >= 4 is 34.5 Å². The zero-order valence-electron chi connectivity index (χ0n) is 12.5. The lowest BCUT2D eigenvalue weighted by atomic mass is 10.0. The Balaban J connectivity index is 1.67. The van der Waals surface area contributed by atoms with E-state index < -0.39 is 6.04 Å². The monoisotopic (exact) mass is 334 g/mol. The van der Waals surface area contributed by atoms with E-state index in [1.807, 2.05) is 16.3 Å². The lowest BCUT2D eigenvalue weighted by Gasteiger charge is -2.35. The molecule has 2 aromatic heterocycles. The van der Waals surface area contributed by atoms with Gasteiger partial charge in [0.1, 0.15) is 6.04 Å². The molecule has 1 aliphatic rings. The minimum atomic E-state index is -0.516. The first-order chi connectivity index (χ1) is 10.6. The van der Waals surface area contributed by atoms with E-state index in [9.17, 15) is 9.59 Å². The van der Waals surface area contributed by atoms with E-state index in [2.05, 4.69) is 23.7 Å². The van der Waals surface area contributed by atoms with Crippen molar-refractivity contribution in [3.05, 3.63) is 44.3 Å². The van der Waals surface area contributed by atoms with Crippen molar-refractivity contribution in [3.63, 3.8) is 0 Å². The molecule has 4 nitrogen and oxygen atoms in total. The van der Waals surface area contributed by atoms with Gasteiger partial charge in [0.15, 0.2) is 0 Å². The molecular weight excluding hydrogens is 316 g/mol. The van der Waals surface area contributed by atoms with Crippen molar-refractivity contribution < 1.29 is 9.59 Å². The second kappa shape index (κ2) is 6.22. The number of rotatable bonds is 3.